The molecule has 21 heavy (non-hydrogen) atoms. The minimum absolute atomic E-state index is 0.0891. The fourth-order valence-corrected chi connectivity index (χ4v) is 3.30. The van der Waals surface area contributed by atoms with E-state index in [4.69, 9.17) is 5.73 Å². The van der Waals surface area contributed by atoms with Crippen molar-refractivity contribution < 1.29 is 13.2 Å². The predicted molar refractivity (Wildman–Crippen MR) is 81.5 cm³/mol. The number of rotatable bonds is 4. The molecule has 1 aromatic carbocycles. The number of hydrogen-bond acceptors (Lipinski definition) is 5. The van der Waals surface area contributed by atoms with Crippen molar-refractivity contribution in [3.05, 3.63) is 18.2 Å². The predicted octanol–water partition coefficient (Wildman–Crippen LogP) is -0.108. The number of nitrogen functional groups attached to an aromatic ring is 1. The molecule has 116 valence electrons. The van der Waals surface area contributed by atoms with Gasteiger partial charge in [-0.1, -0.05) is 0 Å². The van der Waals surface area contributed by atoms with Gasteiger partial charge >= 0.3 is 0 Å². The highest BCUT2D eigenvalue weighted by molar-refractivity contribution is 7.89. The summed E-state index contributed by atoms with van der Waals surface area (Å²) < 4.78 is 26.1. The molecule has 1 atom stereocenters. The van der Waals surface area contributed by atoms with Gasteiger partial charge in [0, 0.05) is 13.6 Å². The third-order valence-corrected chi connectivity index (χ3v) is 5.10. The third-order valence-electron chi connectivity index (χ3n) is 3.69. The fourth-order valence-electron chi connectivity index (χ4n) is 2.55. The molecular weight excluding hydrogens is 292 g/mol. The van der Waals surface area contributed by atoms with E-state index < -0.39 is 10.0 Å². The summed E-state index contributed by atoms with van der Waals surface area (Å²) in [6.45, 7) is 0.672. The number of likely N-dealkylation sites (N-methyl/N-ethyl adjacent to an activating group) is 1. The van der Waals surface area contributed by atoms with Crippen molar-refractivity contribution in [1.82, 2.24) is 10.0 Å². The molecule has 2 rings (SSSR count). The number of sulfonamides is 1. The molecule has 1 aliphatic heterocycles. The highest BCUT2D eigenvalue weighted by Gasteiger charge is 2.31. The van der Waals surface area contributed by atoms with Crippen LogP contribution in [-0.4, -0.2) is 41.0 Å². The van der Waals surface area contributed by atoms with Gasteiger partial charge in [0.25, 0.3) is 0 Å². The first kappa shape index (κ1) is 15.6. The van der Waals surface area contributed by atoms with E-state index in [1.807, 2.05) is 4.90 Å². The van der Waals surface area contributed by atoms with Crippen LogP contribution in [-0.2, 0) is 14.8 Å². The van der Waals surface area contributed by atoms with Gasteiger partial charge in [-0.2, -0.15) is 0 Å². The van der Waals surface area contributed by atoms with Crippen LogP contribution in [0.3, 0.4) is 0 Å². The van der Waals surface area contributed by atoms with Crippen molar-refractivity contribution in [3.63, 3.8) is 0 Å². The van der Waals surface area contributed by atoms with Gasteiger partial charge in [0.15, 0.2) is 0 Å². The third kappa shape index (κ3) is 2.96. The van der Waals surface area contributed by atoms with E-state index >= 15 is 0 Å². The molecule has 1 aromatic rings. The largest absolute Gasteiger partial charge is 0.397 e. The van der Waals surface area contributed by atoms with Crippen molar-refractivity contribution in [1.29, 1.82) is 0 Å². The molecule has 0 spiro atoms. The van der Waals surface area contributed by atoms with Gasteiger partial charge in [-0.25, -0.2) is 13.1 Å². The number of carbonyl (C=O) groups is 1. The minimum Gasteiger partial charge on any atom is -0.397 e. The van der Waals surface area contributed by atoms with Crippen LogP contribution in [0.1, 0.15) is 12.8 Å². The number of nitrogens with two attached hydrogens (primary N) is 1. The standard InChI is InChI=1S/C13H20N4O3S/c1-15-13(18)11-4-3-7-17(11)12-8-9(5-6-10(12)14)21(19,20)16-2/h5-6,8,11,16H,3-4,7,14H2,1-2H3,(H,15,18). The molecule has 0 saturated carbocycles. The average molecular weight is 312 g/mol. The normalized spacial score (nSPS) is 18.8. The summed E-state index contributed by atoms with van der Waals surface area (Å²) >= 11 is 0. The molecule has 0 radical (unpaired) electrons. The molecule has 7 nitrogen and oxygen atoms in total. The maximum absolute atomic E-state index is 11.9. The van der Waals surface area contributed by atoms with E-state index in [1.165, 1.54) is 19.2 Å². The van der Waals surface area contributed by atoms with Crippen molar-refractivity contribution in [3.8, 4) is 0 Å². The van der Waals surface area contributed by atoms with Crippen molar-refractivity contribution in [2.75, 3.05) is 31.3 Å². The first-order valence-corrected chi connectivity index (χ1v) is 8.20. The SMILES string of the molecule is CNC(=O)C1CCCN1c1cc(S(=O)(=O)NC)ccc1N. The second kappa shape index (κ2) is 5.90. The van der Waals surface area contributed by atoms with Crippen LogP contribution in [0.4, 0.5) is 11.4 Å². The zero-order valence-corrected chi connectivity index (χ0v) is 12.9. The lowest BCUT2D eigenvalue weighted by atomic mass is 10.2. The Morgan fingerprint density at radius 1 is 1.38 bits per heavy atom. The molecular formula is C13H20N4O3S. The van der Waals surface area contributed by atoms with E-state index in [9.17, 15) is 13.2 Å². The maximum Gasteiger partial charge on any atom is 0.242 e. The van der Waals surface area contributed by atoms with Gasteiger partial charge in [-0.3, -0.25) is 4.79 Å². The van der Waals surface area contributed by atoms with Crippen molar-refractivity contribution in [2.24, 2.45) is 0 Å². The highest BCUT2D eigenvalue weighted by atomic mass is 32.2. The van der Waals surface area contributed by atoms with Crippen LogP contribution < -0.4 is 20.7 Å². The molecule has 1 heterocycles. The van der Waals surface area contributed by atoms with Gasteiger partial charge in [0.2, 0.25) is 15.9 Å². The summed E-state index contributed by atoms with van der Waals surface area (Å²) in [5.41, 5.74) is 7.01. The van der Waals surface area contributed by atoms with Crippen LogP contribution in [0.15, 0.2) is 23.1 Å². The summed E-state index contributed by atoms with van der Waals surface area (Å²) in [5, 5.41) is 2.63. The zero-order valence-electron chi connectivity index (χ0n) is 12.1. The lowest BCUT2D eigenvalue weighted by Gasteiger charge is -2.27. The molecule has 1 saturated heterocycles. The Morgan fingerprint density at radius 2 is 2.10 bits per heavy atom. The quantitative estimate of drug-likeness (QED) is 0.673. The molecule has 1 aliphatic rings. The maximum atomic E-state index is 11.9. The summed E-state index contributed by atoms with van der Waals surface area (Å²) in [5.74, 6) is -0.0891. The van der Waals surface area contributed by atoms with Crippen LogP contribution in [0.5, 0.6) is 0 Å². The molecule has 0 aromatic heterocycles. The Balaban J connectivity index is 2.44. The Bertz CT molecular complexity index is 645. The molecule has 4 N–H and O–H groups in total. The Labute approximate surface area is 124 Å². The van der Waals surface area contributed by atoms with Crippen LogP contribution in [0.25, 0.3) is 0 Å². The highest BCUT2D eigenvalue weighted by Crippen LogP contribution is 2.32. The Morgan fingerprint density at radius 3 is 2.71 bits per heavy atom. The van der Waals surface area contributed by atoms with Crippen molar-refractivity contribution in [2.45, 2.75) is 23.8 Å². The number of hydrogen-bond donors (Lipinski definition) is 3. The molecule has 0 bridgehead atoms. The van der Waals surface area contributed by atoms with Gasteiger partial charge in [-0.15, -0.1) is 0 Å². The summed E-state index contributed by atoms with van der Waals surface area (Å²) in [4.78, 5) is 13.9. The number of nitrogens with zero attached hydrogens (tertiary/aromatic N) is 1. The van der Waals surface area contributed by atoms with Gasteiger partial charge in [0.1, 0.15) is 6.04 Å². The lowest BCUT2D eigenvalue weighted by molar-refractivity contribution is -0.121. The van der Waals surface area contributed by atoms with Crippen LogP contribution >= 0.6 is 0 Å². The topological polar surface area (TPSA) is 105 Å². The fraction of sp³-hybridized carbons (Fsp3) is 0.462. The summed E-state index contributed by atoms with van der Waals surface area (Å²) in [7, 11) is -0.600. The van der Waals surface area contributed by atoms with E-state index in [-0.39, 0.29) is 16.8 Å². The van der Waals surface area contributed by atoms with Gasteiger partial charge in [0.05, 0.1) is 16.3 Å². The van der Waals surface area contributed by atoms with Gasteiger partial charge < -0.3 is 16.0 Å². The number of carbonyl (C=O) groups excluding carboxylic acids is 1. The minimum atomic E-state index is -3.54. The van der Waals surface area contributed by atoms with E-state index in [0.29, 0.717) is 17.9 Å². The zero-order chi connectivity index (χ0) is 15.6. The summed E-state index contributed by atoms with van der Waals surface area (Å²) in [6.07, 6.45) is 1.59. The number of nitrogens with one attached hydrogen (secondary N) is 2. The molecule has 0 aliphatic carbocycles. The van der Waals surface area contributed by atoms with E-state index in [0.717, 1.165) is 12.8 Å². The second-order valence-electron chi connectivity index (χ2n) is 4.89. The van der Waals surface area contributed by atoms with Crippen LogP contribution in [0.2, 0.25) is 0 Å². The van der Waals surface area contributed by atoms with E-state index in [1.54, 1.807) is 13.1 Å². The Hall–Kier alpha value is -1.80. The van der Waals surface area contributed by atoms with E-state index in [2.05, 4.69) is 10.0 Å². The molecule has 1 fully saturated rings. The monoisotopic (exact) mass is 312 g/mol. The average Bonchev–Trinajstić information content (AvgIpc) is 2.95. The number of benzene rings is 1. The second-order valence-corrected chi connectivity index (χ2v) is 6.78. The number of amides is 1. The van der Waals surface area contributed by atoms with Crippen molar-refractivity contribution >= 4 is 27.3 Å². The molecule has 1 amide bonds. The molecule has 1 unspecified atom stereocenters. The van der Waals surface area contributed by atoms with Gasteiger partial charge in [-0.05, 0) is 38.1 Å². The smallest absolute Gasteiger partial charge is 0.242 e. The first-order chi connectivity index (χ1) is 9.90. The lowest BCUT2D eigenvalue weighted by Crippen LogP contribution is -2.42. The first-order valence-electron chi connectivity index (χ1n) is 6.72. The summed E-state index contributed by atoms with van der Waals surface area (Å²) in [6, 6.07) is 4.21. The number of anilines is 2. The Kier molecular flexibility index (Phi) is 4.38. The van der Waals surface area contributed by atoms with Crippen LogP contribution in [0, 0.1) is 0 Å². The molecule has 8 heteroatoms.